The maximum Gasteiger partial charge on any atom is 0.226 e. The van der Waals surface area contributed by atoms with Crippen LogP contribution in [0.15, 0.2) is 48.7 Å². The summed E-state index contributed by atoms with van der Waals surface area (Å²) in [5.74, 6) is 1.20. The fourth-order valence-corrected chi connectivity index (χ4v) is 9.23. The van der Waals surface area contributed by atoms with Crippen LogP contribution in [0.4, 0.5) is 4.39 Å². The van der Waals surface area contributed by atoms with Gasteiger partial charge in [-0.3, -0.25) is 4.79 Å². The van der Waals surface area contributed by atoms with E-state index in [1.807, 2.05) is 24.0 Å². The van der Waals surface area contributed by atoms with Gasteiger partial charge >= 0.3 is 0 Å². The molecule has 1 amide bonds. The van der Waals surface area contributed by atoms with Gasteiger partial charge in [-0.25, -0.2) is 14.4 Å². The lowest BCUT2D eigenvalue weighted by atomic mass is 9.79. The van der Waals surface area contributed by atoms with Gasteiger partial charge in [0.2, 0.25) is 11.8 Å². The van der Waals surface area contributed by atoms with Crippen molar-refractivity contribution in [2.24, 2.45) is 11.8 Å². The number of carbonyl (C=O) groups is 1. The second kappa shape index (κ2) is 12.9. The number of fused-ring (bicyclic) bond motifs is 4. The average molecular weight is 740 g/mol. The van der Waals surface area contributed by atoms with E-state index in [0.29, 0.717) is 69.7 Å². The summed E-state index contributed by atoms with van der Waals surface area (Å²) in [5, 5.41) is 15.5. The number of rotatable bonds is 9. The van der Waals surface area contributed by atoms with Crippen LogP contribution in [-0.2, 0) is 11.2 Å². The summed E-state index contributed by atoms with van der Waals surface area (Å²) in [6.45, 7) is 3.28. The van der Waals surface area contributed by atoms with Gasteiger partial charge in [-0.2, -0.15) is 5.26 Å². The van der Waals surface area contributed by atoms with Gasteiger partial charge in [0, 0.05) is 76.9 Å². The highest BCUT2D eigenvalue weighted by Crippen LogP contribution is 2.51. The first-order chi connectivity index (χ1) is 25.2. The molecule has 3 aliphatic heterocycles. The molecule has 1 N–H and O–H groups in total. The van der Waals surface area contributed by atoms with Gasteiger partial charge in [-0.1, -0.05) is 35.3 Å². The number of likely N-dealkylation sites (tertiary alicyclic amines) is 1. The topological polar surface area (TPSA) is 105 Å². The lowest BCUT2D eigenvalue weighted by molar-refractivity contribution is -0.133. The van der Waals surface area contributed by atoms with E-state index in [4.69, 9.17) is 37.7 Å². The summed E-state index contributed by atoms with van der Waals surface area (Å²) in [6, 6.07) is 15.3. The Morgan fingerprint density at radius 3 is 2.73 bits per heavy atom. The molecule has 5 aliphatic rings. The molecule has 3 saturated heterocycles. The summed E-state index contributed by atoms with van der Waals surface area (Å²) >= 11 is 13.1. The summed E-state index contributed by atoms with van der Waals surface area (Å²) < 4.78 is 31.4. The zero-order valence-corrected chi connectivity index (χ0v) is 30.3. The Labute approximate surface area is 310 Å². The third kappa shape index (κ3) is 5.39. The molecule has 10 rings (SSSR count). The molecule has 3 aromatic heterocycles. The van der Waals surface area contributed by atoms with Crippen LogP contribution in [0.1, 0.15) is 61.1 Å². The number of halogens is 3. The summed E-state index contributed by atoms with van der Waals surface area (Å²) in [7, 11) is 1.57. The molecule has 5 fully saturated rings. The third-order valence-electron chi connectivity index (χ3n) is 11.5. The van der Waals surface area contributed by atoms with Crippen molar-refractivity contribution in [2.45, 2.75) is 69.7 Å². The molecule has 5 atom stereocenters. The highest BCUT2D eigenvalue weighted by Gasteiger charge is 2.51. The van der Waals surface area contributed by atoms with Crippen molar-refractivity contribution in [3.05, 3.63) is 81.5 Å². The van der Waals surface area contributed by atoms with Crippen molar-refractivity contribution >= 4 is 50.9 Å². The molecule has 266 valence electrons. The maximum absolute atomic E-state index is 17.2. The Bertz CT molecular complexity index is 2310. The van der Waals surface area contributed by atoms with Crippen LogP contribution in [0.25, 0.3) is 32.9 Å². The predicted molar refractivity (Wildman–Crippen MR) is 197 cm³/mol. The number of pyridine rings is 2. The second-order valence-corrected chi connectivity index (χ2v) is 15.4. The number of aromatic nitrogens is 3. The number of nitrogens with zero attached hydrogens (tertiary/aromatic N) is 5. The van der Waals surface area contributed by atoms with Crippen LogP contribution in [0, 0.1) is 35.9 Å². The summed E-state index contributed by atoms with van der Waals surface area (Å²) in [4.78, 5) is 25.2. The molecule has 2 bridgehead atoms. The molecule has 6 heterocycles. The molecule has 9 nitrogen and oxygen atoms in total. The molecule has 52 heavy (non-hydrogen) atoms. The minimum atomic E-state index is -0.490. The number of hydrogen-bond acceptors (Lipinski definition) is 7. The normalized spacial score (nSPS) is 23.6. The molecule has 2 aromatic carbocycles. The maximum atomic E-state index is 17.2. The highest BCUT2D eigenvalue weighted by molar-refractivity contribution is 6.43. The van der Waals surface area contributed by atoms with Crippen molar-refractivity contribution in [1.29, 1.82) is 5.26 Å². The van der Waals surface area contributed by atoms with Crippen molar-refractivity contribution in [3.63, 3.8) is 0 Å². The van der Waals surface area contributed by atoms with E-state index in [9.17, 15) is 10.1 Å². The standard InChI is InChI=1S/C40H37Cl2FN6O3/c1-20-27-17-32(31-15-25(19-48(31)40(50)21-8-9-21)52-24-10-12-45-33(16-24)51-2)49(38-23-14-30(38)46-18-23)39(27)28-13-22(5-4-11-44)34(36(43)37(28)47-20)26-6-3-7-29(41)35(26)42/h3,6-7,10,12-13,16-17,21,23,25,30-31,38,46H,4-5,8-9,14-15,18-19H2,1-2H3. The van der Waals surface area contributed by atoms with Gasteiger partial charge in [0.1, 0.15) is 17.4 Å². The zero-order valence-electron chi connectivity index (χ0n) is 28.8. The minimum absolute atomic E-state index is 0.0272. The molecule has 0 spiro atoms. The van der Waals surface area contributed by atoms with Crippen molar-refractivity contribution < 1.29 is 18.7 Å². The fourth-order valence-electron chi connectivity index (χ4n) is 8.84. The van der Waals surface area contributed by atoms with Crippen LogP contribution >= 0.6 is 23.2 Å². The number of amides is 1. The molecule has 5 unspecified atom stereocenters. The van der Waals surface area contributed by atoms with E-state index < -0.39 is 5.82 Å². The predicted octanol–water partition coefficient (Wildman–Crippen LogP) is 8.13. The van der Waals surface area contributed by atoms with Gasteiger partial charge in [0.15, 0.2) is 5.82 Å². The number of aryl methyl sites for hydroxylation is 2. The number of hydrogen-bond donors (Lipinski definition) is 1. The SMILES string of the molecule is COc1cc(OC2CC(c3cc4c(C)nc5c(F)c(-c6cccc(Cl)c6Cl)c(CCC#N)cc5c4n3C3C4CNC3C4)N(C(=O)C3CC3)C2)ccn1. The Morgan fingerprint density at radius 1 is 1.15 bits per heavy atom. The lowest BCUT2D eigenvalue weighted by Gasteiger charge is -2.39. The molecule has 0 radical (unpaired) electrons. The van der Waals surface area contributed by atoms with E-state index in [1.165, 1.54) is 0 Å². The first-order valence-corrected chi connectivity index (χ1v) is 18.7. The Morgan fingerprint density at radius 2 is 2.00 bits per heavy atom. The van der Waals surface area contributed by atoms with Crippen molar-refractivity contribution in [3.8, 4) is 28.8 Å². The van der Waals surface area contributed by atoms with Gasteiger partial charge in [0.05, 0.1) is 47.4 Å². The largest absolute Gasteiger partial charge is 0.488 e. The van der Waals surface area contributed by atoms with Crippen LogP contribution in [0.3, 0.4) is 0 Å². The lowest BCUT2D eigenvalue weighted by Crippen LogP contribution is -2.41. The van der Waals surface area contributed by atoms with Crippen molar-refractivity contribution in [2.75, 3.05) is 20.2 Å². The first-order valence-electron chi connectivity index (χ1n) is 17.9. The number of ether oxygens (including phenoxy) is 2. The van der Waals surface area contributed by atoms with Crippen LogP contribution < -0.4 is 14.8 Å². The molecule has 2 aliphatic carbocycles. The number of benzene rings is 2. The quantitative estimate of drug-likeness (QED) is 0.163. The van der Waals surface area contributed by atoms with Crippen LogP contribution in [0.5, 0.6) is 11.6 Å². The number of carbonyl (C=O) groups excluding carboxylic acids is 1. The van der Waals surface area contributed by atoms with Gasteiger partial charge in [-0.15, -0.1) is 0 Å². The average Bonchev–Trinajstić information content (AvgIpc) is 3.43. The zero-order chi connectivity index (χ0) is 35.8. The summed E-state index contributed by atoms with van der Waals surface area (Å²) in [5.41, 5.74) is 4.31. The van der Waals surface area contributed by atoms with Crippen LogP contribution in [-0.4, -0.2) is 57.7 Å². The Hall–Kier alpha value is -4.43. The molecule has 5 aromatic rings. The Kier molecular flexibility index (Phi) is 8.29. The molecule has 2 saturated carbocycles. The van der Waals surface area contributed by atoms with E-state index in [-0.39, 0.29) is 53.0 Å². The Balaban J connectivity index is 1.25. The first kappa shape index (κ1) is 33.4. The number of nitriles is 1. The summed E-state index contributed by atoms with van der Waals surface area (Å²) in [6.07, 6.45) is 5.38. The van der Waals surface area contributed by atoms with E-state index in [2.05, 4.69) is 27.0 Å². The second-order valence-electron chi connectivity index (χ2n) is 14.6. The van der Waals surface area contributed by atoms with Crippen molar-refractivity contribution in [1.82, 2.24) is 24.8 Å². The number of methoxy groups -OCH3 is 1. The molecular formula is C40H37Cl2FN6O3. The number of nitrogens with one attached hydrogen (secondary N) is 1. The van der Waals surface area contributed by atoms with Gasteiger partial charge < -0.3 is 24.3 Å². The monoisotopic (exact) mass is 738 g/mol. The fraction of sp³-hybridized carbons (Fsp3) is 0.400. The minimum Gasteiger partial charge on any atom is -0.488 e. The van der Waals surface area contributed by atoms with Gasteiger partial charge in [0.25, 0.3) is 0 Å². The van der Waals surface area contributed by atoms with E-state index >= 15 is 4.39 Å². The third-order valence-corrected chi connectivity index (χ3v) is 12.3. The van der Waals surface area contributed by atoms with E-state index in [1.54, 1.807) is 37.6 Å². The highest BCUT2D eigenvalue weighted by atomic mass is 35.5. The molecular weight excluding hydrogens is 702 g/mol. The van der Waals surface area contributed by atoms with Gasteiger partial charge in [-0.05, 0) is 68.4 Å². The van der Waals surface area contributed by atoms with E-state index in [0.717, 1.165) is 42.4 Å². The smallest absolute Gasteiger partial charge is 0.226 e. The van der Waals surface area contributed by atoms with Crippen LogP contribution in [0.2, 0.25) is 10.0 Å². The molecule has 12 heteroatoms.